The van der Waals surface area contributed by atoms with Crippen LogP contribution < -0.4 is 9.47 Å². The van der Waals surface area contributed by atoms with Crippen molar-refractivity contribution in [2.24, 2.45) is 0 Å². The second kappa shape index (κ2) is 8.22. The van der Waals surface area contributed by atoms with E-state index in [1.807, 2.05) is 31.2 Å². The molecular weight excluding hydrogens is 292 g/mol. The summed E-state index contributed by atoms with van der Waals surface area (Å²) in [7, 11) is 1.59. The summed E-state index contributed by atoms with van der Waals surface area (Å²) < 4.78 is 10.8. The summed E-state index contributed by atoms with van der Waals surface area (Å²) in [6.07, 6.45) is 1.21. The number of benzene rings is 2. The molecule has 0 fully saturated rings. The van der Waals surface area contributed by atoms with Crippen molar-refractivity contribution in [1.82, 2.24) is 0 Å². The van der Waals surface area contributed by atoms with Crippen molar-refractivity contribution in [3.05, 3.63) is 59.7 Å². The Morgan fingerprint density at radius 2 is 1.83 bits per heavy atom. The van der Waals surface area contributed by atoms with E-state index in [4.69, 9.17) is 9.47 Å². The topological polar surface area (TPSA) is 55.8 Å². The number of hydrogen-bond acceptors (Lipinski definition) is 3. The maximum atomic E-state index is 11.5. The highest BCUT2D eigenvalue weighted by Gasteiger charge is 2.19. The van der Waals surface area contributed by atoms with Crippen LogP contribution in [-0.4, -0.2) is 24.8 Å². The van der Waals surface area contributed by atoms with Gasteiger partial charge in [0.1, 0.15) is 11.5 Å². The number of carboxylic acids is 1. The van der Waals surface area contributed by atoms with Gasteiger partial charge in [-0.15, -0.1) is 0 Å². The van der Waals surface area contributed by atoms with Gasteiger partial charge in [-0.05, 0) is 49.1 Å². The smallest absolute Gasteiger partial charge is 0.310 e. The minimum absolute atomic E-state index is 0.505. The average molecular weight is 314 g/mol. The van der Waals surface area contributed by atoms with Gasteiger partial charge in [-0.3, -0.25) is 4.79 Å². The summed E-state index contributed by atoms with van der Waals surface area (Å²) in [5.74, 6) is 0.233. The lowest BCUT2D eigenvalue weighted by Gasteiger charge is -2.14. The van der Waals surface area contributed by atoms with Crippen LogP contribution in [0, 0.1) is 6.92 Å². The fourth-order valence-corrected chi connectivity index (χ4v) is 2.46. The molecule has 1 unspecified atom stereocenters. The zero-order chi connectivity index (χ0) is 16.7. The summed E-state index contributed by atoms with van der Waals surface area (Å²) in [5.41, 5.74) is 1.87. The zero-order valence-corrected chi connectivity index (χ0v) is 13.5. The van der Waals surface area contributed by atoms with E-state index < -0.39 is 11.9 Å². The van der Waals surface area contributed by atoms with E-state index in [9.17, 15) is 9.90 Å². The summed E-state index contributed by atoms with van der Waals surface area (Å²) >= 11 is 0. The quantitative estimate of drug-likeness (QED) is 0.747. The van der Waals surface area contributed by atoms with Crippen molar-refractivity contribution in [3.8, 4) is 11.5 Å². The zero-order valence-electron chi connectivity index (χ0n) is 13.5. The predicted octanol–water partition coefficient (Wildman–Crippen LogP) is 4.03. The van der Waals surface area contributed by atoms with Crippen molar-refractivity contribution in [3.63, 3.8) is 0 Å². The first-order chi connectivity index (χ1) is 11.1. The predicted molar refractivity (Wildman–Crippen MR) is 89.3 cm³/mol. The number of aryl methyl sites for hydroxylation is 1. The fraction of sp³-hybridized carbons (Fsp3) is 0.316. The molecule has 0 spiro atoms. The first kappa shape index (κ1) is 16.9. The molecule has 0 aliphatic heterocycles. The number of carboxylic acid groups (broad SMARTS) is 1. The van der Waals surface area contributed by atoms with E-state index in [2.05, 4.69) is 0 Å². The van der Waals surface area contributed by atoms with Gasteiger partial charge in [-0.1, -0.05) is 30.3 Å². The first-order valence-corrected chi connectivity index (χ1v) is 7.67. The molecule has 4 heteroatoms. The van der Waals surface area contributed by atoms with Crippen LogP contribution >= 0.6 is 0 Å². The summed E-state index contributed by atoms with van der Waals surface area (Å²) in [6.45, 7) is 2.50. The van der Waals surface area contributed by atoms with Crippen LogP contribution in [0.15, 0.2) is 48.5 Å². The highest BCUT2D eigenvalue weighted by atomic mass is 16.5. The largest absolute Gasteiger partial charge is 0.497 e. The Morgan fingerprint density at radius 3 is 2.43 bits per heavy atom. The highest BCUT2D eigenvalue weighted by Crippen LogP contribution is 2.24. The summed E-state index contributed by atoms with van der Waals surface area (Å²) in [4.78, 5) is 11.5. The minimum Gasteiger partial charge on any atom is -0.497 e. The monoisotopic (exact) mass is 314 g/mol. The Hall–Kier alpha value is -2.49. The second-order valence-electron chi connectivity index (χ2n) is 5.42. The standard InChI is InChI=1S/C19H22O4/c1-14-6-3-4-8-18(14)23-13-5-7-17(19(20)21)15-9-11-16(22-2)12-10-15/h3-4,6,8-12,17H,5,7,13H2,1-2H3,(H,20,21). The van der Waals surface area contributed by atoms with Crippen molar-refractivity contribution in [1.29, 1.82) is 0 Å². The van der Waals surface area contributed by atoms with Crippen LogP contribution in [-0.2, 0) is 4.79 Å². The molecule has 0 aliphatic rings. The number of ether oxygens (including phenoxy) is 2. The number of methoxy groups -OCH3 is 1. The minimum atomic E-state index is -0.814. The average Bonchev–Trinajstić information content (AvgIpc) is 2.56. The molecular formula is C19H22O4. The SMILES string of the molecule is COc1ccc(C(CCCOc2ccccc2C)C(=O)O)cc1. The number of carbonyl (C=O) groups is 1. The molecule has 0 bridgehead atoms. The third-order valence-electron chi connectivity index (χ3n) is 3.80. The molecule has 23 heavy (non-hydrogen) atoms. The van der Waals surface area contributed by atoms with Gasteiger partial charge in [-0.2, -0.15) is 0 Å². The van der Waals surface area contributed by atoms with Gasteiger partial charge in [0.2, 0.25) is 0 Å². The second-order valence-corrected chi connectivity index (χ2v) is 5.42. The molecule has 1 N–H and O–H groups in total. The number of para-hydroxylation sites is 1. The van der Waals surface area contributed by atoms with Gasteiger partial charge in [0, 0.05) is 0 Å². The van der Waals surface area contributed by atoms with E-state index >= 15 is 0 Å². The Bertz CT molecular complexity index is 634. The molecule has 122 valence electrons. The molecule has 0 saturated heterocycles. The van der Waals surface area contributed by atoms with Crippen LogP contribution in [0.1, 0.15) is 29.9 Å². The van der Waals surface area contributed by atoms with Crippen molar-refractivity contribution < 1.29 is 19.4 Å². The van der Waals surface area contributed by atoms with E-state index in [1.165, 1.54) is 0 Å². The molecule has 4 nitrogen and oxygen atoms in total. The Kier molecular flexibility index (Phi) is 6.03. The van der Waals surface area contributed by atoms with Crippen molar-refractivity contribution in [2.75, 3.05) is 13.7 Å². The fourth-order valence-electron chi connectivity index (χ4n) is 2.46. The maximum absolute atomic E-state index is 11.5. The van der Waals surface area contributed by atoms with E-state index in [1.54, 1.807) is 31.4 Å². The van der Waals surface area contributed by atoms with Crippen LogP contribution in [0.4, 0.5) is 0 Å². The lowest BCUT2D eigenvalue weighted by Crippen LogP contribution is -2.13. The van der Waals surface area contributed by atoms with E-state index in [-0.39, 0.29) is 0 Å². The van der Waals surface area contributed by atoms with Gasteiger partial charge < -0.3 is 14.6 Å². The molecule has 2 rings (SSSR count). The Morgan fingerprint density at radius 1 is 1.13 bits per heavy atom. The number of hydrogen-bond donors (Lipinski definition) is 1. The normalized spacial score (nSPS) is 11.7. The lowest BCUT2D eigenvalue weighted by molar-refractivity contribution is -0.139. The molecule has 0 radical (unpaired) electrons. The molecule has 0 aliphatic carbocycles. The van der Waals surface area contributed by atoms with Gasteiger partial charge in [-0.25, -0.2) is 0 Å². The maximum Gasteiger partial charge on any atom is 0.310 e. The Labute approximate surface area is 136 Å². The van der Waals surface area contributed by atoms with Crippen molar-refractivity contribution in [2.45, 2.75) is 25.7 Å². The van der Waals surface area contributed by atoms with Gasteiger partial charge in [0.25, 0.3) is 0 Å². The lowest BCUT2D eigenvalue weighted by atomic mass is 9.94. The third-order valence-corrected chi connectivity index (χ3v) is 3.80. The van der Waals surface area contributed by atoms with Crippen molar-refractivity contribution >= 4 is 5.97 Å². The molecule has 0 aromatic heterocycles. The van der Waals surface area contributed by atoms with E-state index in [0.29, 0.717) is 19.4 Å². The van der Waals surface area contributed by atoms with E-state index in [0.717, 1.165) is 22.6 Å². The number of rotatable bonds is 8. The van der Waals surface area contributed by atoms with Gasteiger partial charge in [0.05, 0.1) is 19.6 Å². The molecule has 0 heterocycles. The van der Waals surface area contributed by atoms with Crippen LogP contribution in [0.5, 0.6) is 11.5 Å². The van der Waals surface area contributed by atoms with Gasteiger partial charge >= 0.3 is 5.97 Å². The summed E-state index contributed by atoms with van der Waals surface area (Å²) in [5, 5.41) is 9.44. The molecule has 2 aromatic rings. The van der Waals surface area contributed by atoms with Crippen LogP contribution in [0.3, 0.4) is 0 Å². The van der Waals surface area contributed by atoms with Gasteiger partial charge in [0.15, 0.2) is 0 Å². The Balaban J connectivity index is 1.90. The molecule has 0 amide bonds. The molecule has 2 aromatic carbocycles. The van der Waals surface area contributed by atoms with Crippen LogP contribution in [0.2, 0.25) is 0 Å². The third kappa shape index (κ3) is 4.74. The first-order valence-electron chi connectivity index (χ1n) is 7.67. The highest BCUT2D eigenvalue weighted by molar-refractivity contribution is 5.76. The molecule has 0 saturated carbocycles. The summed E-state index contributed by atoms with van der Waals surface area (Å²) in [6, 6.07) is 15.0. The van der Waals surface area contributed by atoms with Crippen LogP contribution in [0.25, 0.3) is 0 Å². The number of aliphatic carboxylic acids is 1. The molecule has 1 atom stereocenters.